The molecule has 0 heterocycles. The van der Waals surface area contributed by atoms with E-state index in [-0.39, 0.29) is 25.2 Å². The molecule has 0 bridgehead atoms. The van der Waals surface area contributed by atoms with Crippen LogP contribution < -0.4 is 5.73 Å². The van der Waals surface area contributed by atoms with Crippen molar-refractivity contribution in [2.24, 2.45) is 5.73 Å². The summed E-state index contributed by atoms with van der Waals surface area (Å²) in [5.74, 6) is -1.74. The zero-order chi connectivity index (χ0) is 13.7. The van der Waals surface area contributed by atoms with Gasteiger partial charge in [0.25, 0.3) is 0 Å². The van der Waals surface area contributed by atoms with Crippen molar-refractivity contribution in [3.63, 3.8) is 0 Å². The number of rotatable bonds is 8. The first kappa shape index (κ1) is 22.3. The van der Waals surface area contributed by atoms with Gasteiger partial charge >= 0.3 is 11.9 Å². The average Bonchev–Trinajstić information content (AvgIpc) is 2.22. The molecular weight excluding hydrogens is 260 g/mol. The highest BCUT2D eigenvalue weighted by atomic mass is 35.5. The molecule has 4 N–H and O–H groups in total. The molecule has 0 atom stereocenters. The van der Waals surface area contributed by atoms with Gasteiger partial charge < -0.3 is 20.8 Å². The van der Waals surface area contributed by atoms with Gasteiger partial charge in [0.05, 0.1) is 0 Å². The number of halogens is 1. The van der Waals surface area contributed by atoms with Gasteiger partial charge in [0.2, 0.25) is 0 Å². The van der Waals surface area contributed by atoms with Crippen LogP contribution in [0.15, 0.2) is 0 Å². The van der Waals surface area contributed by atoms with Crippen molar-refractivity contribution in [2.45, 2.75) is 32.1 Å². The predicted molar refractivity (Wildman–Crippen MR) is 73.2 cm³/mol. The number of carbonyl (C=O) groups is 2. The lowest BCUT2D eigenvalue weighted by molar-refractivity contribution is -0.139. The van der Waals surface area contributed by atoms with Crippen LogP contribution >= 0.6 is 12.4 Å². The Morgan fingerprint density at radius 2 is 1.39 bits per heavy atom. The summed E-state index contributed by atoms with van der Waals surface area (Å²) in [4.78, 5) is 21.9. The molecule has 0 saturated carbocycles. The molecule has 0 radical (unpaired) electrons. The number of unbranched alkanes of at least 4 members (excludes halogenated alkanes) is 1. The van der Waals surface area contributed by atoms with Crippen LogP contribution in [0.3, 0.4) is 0 Å². The van der Waals surface area contributed by atoms with Crippen molar-refractivity contribution in [1.29, 1.82) is 0 Å². The molecule has 0 aromatic carbocycles. The summed E-state index contributed by atoms with van der Waals surface area (Å²) in [5.41, 5.74) is 5.25. The van der Waals surface area contributed by atoms with Gasteiger partial charge in [-0.3, -0.25) is 9.59 Å². The minimum absolute atomic E-state index is 0. The van der Waals surface area contributed by atoms with Crippen LogP contribution in [-0.2, 0) is 9.59 Å². The zero-order valence-electron chi connectivity index (χ0n) is 11.1. The maximum atomic E-state index is 9.90. The fourth-order valence-corrected chi connectivity index (χ4v) is 0.960. The lowest BCUT2D eigenvalue weighted by atomic mass is 10.2. The maximum absolute atomic E-state index is 9.90. The highest BCUT2D eigenvalue weighted by molar-refractivity contribution is 5.85. The Hall–Kier alpha value is -0.850. The van der Waals surface area contributed by atoms with Crippen molar-refractivity contribution in [1.82, 2.24) is 4.90 Å². The topological polar surface area (TPSA) is 104 Å². The molecule has 0 fully saturated rings. The molecule has 0 aromatic heterocycles. The molecule has 18 heavy (non-hydrogen) atoms. The van der Waals surface area contributed by atoms with Gasteiger partial charge in [-0.25, -0.2) is 0 Å². The van der Waals surface area contributed by atoms with E-state index in [1.165, 1.54) is 0 Å². The Balaban J connectivity index is -0.000000251. The number of hydrogen-bond donors (Lipinski definition) is 3. The molecule has 7 heteroatoms. The van der Waals surface area contributed by atoms with E-state index in [0.717, 1.165) is 19.5 Å². The van der Waals surface area contributed by atoms with E-state index in [2.05, 4.69) is 19.0 Å². The van der Waals surface area contributed by atoms with Crippen molar-refractivity contribution in [2.75, 3.05) is 27.2 Å². The fraction of sp³-hybridized carbons (Fsp3) is 0.818. The van der Waals surface area contributed by atoms with Crippen LogP contribution in [0.1, 0.15) is 32.1 Å². The lowest BCUT2D eigenvalue weighted by Gasteiger charge is -2.05. The molecule has 0 aliphatic heterocycles. The molecule has 6 nitrogen and oxygen atoms in total. The zero-order valence-corrected chi connectivity index (χ0v) is 11.9. The van der Waals surface area contributed by atoms with Crippen LogP contribution in [0.4, 0.5) is 0 Å². The highest BCUT2D eigenvalue weighted by Gasteiger charge is 1.99. The second-order valence-electron chi connectivity index (χ2n) is 3.94. The summed E-state index contributed by atoms with van der Waals surface area (Å²) in [7, 11) is 4.10. The normalized spacial score (nSPS) is 9.11. The van der Waals surface area contributed by atoms with Gasteiger partial charge in [0.1, 0.15) is 0 Å². The van der Waals surface area contributed by atoms with E-state index in [0.29, 0.717) is 12.8 Å². The molecular formula is C11H25ClN2O4. The number of nitrogens with zero attached hydrogens (tertiary/aromatic N) is 1. The predicted octanol–water partition coefficient (Wildman–Crippen LogP) is 1.03. The Kier molecular flexibility index (Phi) is 20.0. The van der Waals surface area contributed by atoms with Crippen LogP contribution in [0, 0.1) is 0 Å². The standard InChI is InChI=1S/C6H10O4.C5H14N2.ClH/c7-5(8)3-1-2-4-6(9)10;1-7(2)5-3-4-6;/h1-4H2,(H,7,8)(H,9,10);3-6H2,1-2H3;1H. The molecule has 0 aliphatic carbocycles. The summed E-state index contributed by atoms with van der Waals surface area (Å²) >= 11 is 0. The lowest BCUT2D eigenvalue weighted by Crippen LogP contribution is -2.16. The molecule has 110 valence electrons. The van der Waals surface area contributed by atoms with Crippen molar-refractivity contribution in [3.05, 3.63) is 0 Å². The summed E-state index contributed by atoms with van der Waals surface area (Å²) in [5, 5.41) is 16.3. The summed E-state index contributed by atoms with van der Waals surface area (Å²) in [6.07, 6.45) is 2.12. The van der Waals surface area contributed by atoms with E-state index in [9.17, 15) is 9.59 Å². The van der Waals surface area contributed by atoms with Crippen LogP contribution in [-0.4, -0.2) is 54.2 Å². The minimum Gasteiger partial charge on any atom is -0.481 e. The number of nitrogens with two attached hydrogens (primary N) is 1. The number of hydrogen-bond acceptors (Lipinski definition) is 4. The quantitative estimate of drug-likeness (QED) is 0.575. The van der Waals surface area contributed by atoms with Gasteiger partial charge in [-0.15, -0.1) is 12.4 Å². The van der Waals surface area contributed by atoms with Crippen molar-refractivity contribution >= 4 is 24.3 Å². The van der Waals surface area contributed by atoms with Crippen LogP contribution in [0.2, 0.25) is 0 Å². The molecule has 0 spiro atoms. The van der Waals surface area contributed by atoms with Gasteiger partial charge in [-0.05, 0) is 46.4 Å². The van der Waals surface area contributed by atoms with E-state index in [1.807, 2.05) is 0 Å². The first-order valence-electron chi connectivity index (χ1n) is 5.68. The van der Waals surface area contributed by atoms with Gasteiger partial charge in [-0.1, -0.05) is 0 Å². The molecule has 0 aliphatic rings. The molecule has 0 rings (SSSR count). The average molecular weight is 285 g/mol. The number of carboxylic acid groups (broad SMARTS) is 2. The van der Waals surface area contributed by atoms with E-state index < -0.39 is 11.9 Å². The van der Waals surface area contributed by atoms with E-state index >= 15 is 0 Å². The largest absolute Gasteiger partial charge is 0.481 e. The molecule has 0 saturated heterocycles. The summed E-state index contributed by atoms with van der Waals surface area (Å²) in [6, 6.07) is 0. The monoisotopic (exact) mass is 284 g/mol. The smallest absolute Gasteiger partial charge is 0.303 e. The maximum Gasteiger partial charge on any atom is 0.303 e. The second kappa shape index (κ2) is 16.1. The Morgan fingerprint density at radius 3 is 1.56 bits per heavy atom. The molecule has 0 aromatic rings. The number of aliphatic carboxylic acids is 2. The fourth-order valence-electron chi connectivity index (χ4n) is 0.960. The van der Waals surface area contributed by atoms with Crippen molar-refractivity contribution in [3.8, 4) is 0 Å². The van der Waals surface area contributed by atoms with Crippen LogP contribution in [0.5, 0.6) is 0 Å². The van der Waals surface area contributed by atoms with Gasteiger partial charge in [0, 0.05) is 12.8 Å². The molecule has 0 unspecified atom stereocenters. The molecule has 0 amide bonds. The first-order valence-corrected chi connectivity index (χ1v) is 5.68. The Morgan fingerprint density at radius 1 is 1.00 bits per heavy atom. The minimum atomic E-state index is -0.870. The van der Waals surface area contributed by atoms with Crippen LogP contribution in [0.25, 0.3) is 0 Å². The summed E-state index contributed by atoms with van der Waals surface area (Å²) in [6.45, 7) is 1.91. The third-order valence-electron chi connectivity index (χ3n) is 1.84. The van der Waals surface area contributed by atoms with Gasteiger partial charge in [-0.2, -0.15) is 0 Å². The number of carboxylic acids is 2. The first-order chi connectivity index (χ1) is 7.90. The van der Waals surface area contributed by atoms with E-state index in [1.54, 1.807) is 0 Å². The Bertz CT molecular complexity index is 197. The van der Waals surface area contributed by atoms with Crippen molar-refractivity contribution < 1.29 is 19.8 Å². The second-order valence-corrected chi connectivity index (χ2v) is 3.94. The van der Waals surface area contributed by atoms with Gasteiger partial charge in [0.15, 0.2) is 0 Å². The SMILES string of the molecule is CN(C)CCCN.Cl.O=C(O)CCCCC(=O)O. The van der Waals surface area contributed by atoms with E-state index in [4.69, 9.17) is 15.9 Å². The Labute approximate surface area is 115 Å². The third kappa shape index (κ3) is 29.4. The third-order valence-corrected chi connectivity index (χ3v) is 1.84. The summed E-state index contributed by atoms with van der Waals surface area (Å²) < 4.78 is 0. The highest BCUT2D eigenvalue weighted by Crippen LogP contribution is 1.98.